The predicted molar refractivity (Wildman–Crippen MR) is 272 cm³/mol. The molecular weight excluding hydrogens is 1030 g/mol. The second-order valence-electron chi connectivity index (χ2n) is 18.9. The Morgan fingerprint density at radius 1 is 0.699 bits per heavy atom. The summed E-state index contributed by atoms with van der Waals surface area (Å²) in [6, 6.07) is 8.54. The van der Waals surface area contributed by atoms with Gasteiger partial charge in [0.2, 0.25) is 5.69 Å². The lowest BCUT2D eigenvalue weighted by Gasteiger charge is -2.30. The Hall–Kier alpha value is -5.40. The van der Waals surface area contributed by atoms with E-state index in [-0.39, 0.29) is 67.6 Å². The summed E-state index contributed by atoms with van der Waals surface area (Å²) in [4.78, 5) is 42.8. The minimum Gasteiger partial charge on any atom is -0.344 e. The molecule has 73 heavy (non-hydrogen) atoms. The minimum absolute atomic E-state index is 0.0468. The summed E-state index contributed by atoms with van der Waals surface area (Å²) in [6.07, 6.45) is 22.6. The zero-order valence-electron chi connectivity index (χ0n) is 40.6. The summed E-state index contributed by atoms with van der Waals surface area (Å²) in [5.41, 5.74) is 2.63. The zero-order valence-corrected chi connectivity index (χ0v) is 43.9. The predicted octanol–water partition coefficient (Wildman–Crippen LogP) is 7.43. The quantitative estimate of drug-likeness (QED) is 0.0325. The van der Waals surface area contributed by atoms with Gasteiger partial charge in [0.15, 0.2) is 5.71 Å². The van der Waals surface area contributed by atoms with E-state index in [4.69, 9.17) is 4.84 Å². The number of hydrogen-bond donors (Lipinski definition) is 4. The van der Waals surface area contributed by atoms with Crippen molar-refractivity contribution in [1.29, 1.82) is 0 Å². The van der Waals surface area contributed by atoms with E-state index in [0.717, 1.165) is 5.57 Å². The van der Waals surface area contributed by atoms with Crippen LogP contribution in [0, 0.1) is 0 Å². The summed E-state index contributed by atoms with van der Waals surface area (Å²) >= 11 is 0. The highest BCUT2D eigenvalue weighted by Crippen LogP contribution is 2.52. The minimum atomic E-state index is -4.70. The van der Waals surface area contributed by atoms with Gasteiger partial charge in [0.05, 0.1) is 26.7 Å². The van der Waals surface area contributed by atoms with Crippen molar-refractivity contribution in [1.82, 2.24) is 5.06 Å². The van der Waals surface area contributed by atoms with Gasteiger partial charge in [0.25, 0.3) is 52.3 Å². The first-order chi connectivity index (χ1) is 34.2. The van der Waals surface area contributed by atoms with Crippen LogP contribution in [0.5, 0.6) is 0 Å². The molecule has 4 aliphatic rings. The number of imide groups is 1. The molecule has 3 heterocycles. The molecule has 6 rings (SSSR count). The molecule has 2 atom stereocenters. The molecule has 4 N–H and O–H groups in total. The normalized spacial score (nSPS) is 21.7. The SMILES string of the molecule is CC1(CCCCS(=O)(=O)O)C(/C=C/C=C2/N(CCCCCC(=O)ON3C(=O)CCC3=O)c3ccc(S(=O)(=O)O)cc3C2(C)CCCCS(=O)(=O)O)=[N+](CCCC2=C/C=C\C=C/C=C2)c2ccc(S(=O)(=O)O)cc21. The van der Waals surface area contributed by atoms with Gasteiger partial charge in [0, 0.05) is 66.7 Å². The van der Waals surface area contributed by atoms with Gasteiger partial charge < -0.3 is 9.74 Å². The van der Waals surface area contributed by atoms with Crippen LogP contribution < -0.4 is 4.90 Å². The summed E-state index contributed by atoms with van der Waals surface area (Å²) < 4.78 is 139. The monoisotopic (exact) mass is 1090 g/mol. The molecule has 3 aliphatic heterocycles. The third-order valence-electron chi connectivity index (χ3n) is 13.6. The molecule has 0 spiro atoms. The van der Waals surface area contributed by atoms with Crippen molar-refractivity contribution < 1.29 is 75.7 Å². The molecule has 396 valence electrons. The lowest BCUT2D eigenvalue weighted by atomic mass is 9.75. The number of carbonyl (C=O) groups excluding carboxylic acids is 3. The van der Waals surface area contributed by atoms with Crippen LogP contribution in [-0.2, 0) is 70.5 Å². The molecule has 19 nitrogen and oxygen atoms in total. The fraction of sp³-hybridized carbons (Fsp3) is 0.440. The Morgan fingerprint density at radius 3 is 1.92 bits per heavy atom. The molecule has 2 aromatic carbocycles. The largest absolute Gasteiger partial charge is 0.344 e. The van der Waals surface area contributed by atoms with Crippen molar-refractivity contribution in [2.24, 2.45) is 0 Å². The van der Waals surface area contributed by atoms with E-state index in [2.05, 4.69) is 4.58 Å². The highest BCUT2D eigenvalue weighted by atomic mass is 32.2. The molecule has 1 saturated heterocycles. The number of hydroxylamine groups is 2. The van der Waals surface area contributed by atoms with Gasteiger partial charge in [-0.05, 0) is 106 Å². The standard InChI is InChI=1S/C50H61N3O16S4/c1-49(29-10-13-33-70(57,58)59)40-35-38(72(63,64)65)23-25-42(40)51(31-12-6-9-22-48(56)69-53-46(54)27-28-47(53)55)44(49)20-15-21-45-50(2,30-11-14-34-71(60,61)62)41-36-39(73(66,67)68)24-26-43(41)52(45)32-16-19-37-17-7-4-3-5-8-18-37/h3-5,7-8,15,17-18,20-21,23-26,35-36H,6,9-14,16,19,22,27-34H2,1-2H3,(H3-,57,58,59,60,61,62,63,64,65,66,67,68)/p+1/b4-3-,5-3?,7-4?,8-5-,17-7?,18-8?,37-17?,37-18?. The molecular formula is C50H62N3O16S4+. The van der Waals surface area contributed by atoms with Crippen LogP contribution in [0.25, 0.3) is 0 Å². The number of rotatable bonds is 25. The van der Waals surface area contributed by atoms with Crippen LogP contribution in [0.4, 0.5) is 11.4 Å². The maximum Gasteiger partial charge on any atom is 0.333 e. The molecule has 1 fully saturated rings. The van der Waals surface area contributed by atoms with Crippen molar-refractivity contribution in [3.63, 3.8) is 0 Å². The van der Waals surface area contributed by atoms with E-state index in [1.807, 2.05) is 73.4 Å². The van der Waals surface area contributed by atoms with Crippen molar-refractivity contribution in [2.75, 3.05) is 29.5 Å². The van der Waals surface area contributed by atoms with E-state index < -0.39 is 80.6 Å². The molecule has 0 aromatic heterocycles. The Bertz CT molecular complexity index is 3160. The number of unbranched alkanes of at least 4 members (excludes halogenated alkanes) is 4. The summed E-state index contributed by atoms with van der Waals surface area (Å²) in [5.74, 6) is -2.97. The van der Waals surface area contributed by atoms with E-state index >= 15 is 0 Å². The van der Waals surface area contributed by atoms with E-state index in [9.17, 15) is 66.3 Å². The molecule has 23 heteroatoms. The van der Waals surface area contributed by atoms with Gasteiger partial charge >= 0.3 is 5.97 Å². The van der Waals surface area contributed by atoms with Crippen molar-refractivity contribution >= 4 is 75.3 Å². The van der Waals surface area contributed by atoms with Crippen molar-refractivity contribution in [2.45, 2.75) is 124 Å². The molecule has 0 saturated carbocycles. The number of anilines is 1. The number of benzene rings is 2. The van der Waals surface area contributed by atoms with Crippen molar-refractivity contribution in [3.05, 3.63) is 120 Å². The molecule has 1 aliphatic carbocycles. The fourth-order valence-corrected chi connectivity index (χ4v) is 12.0. The number of nitrogens with zero attached hydrogens (tertiary/aromatic N) is 3. The van der Waals surface area contributed by atoms with Crippen molar-refractivity contribution in [3.8, 4) is 0 Å². The third-order valence-corrected chi connectivity index (χ3v) is 16.9. The first-order valence-electron chi connectivity index (χ1n) is 23.9. The smallest absolute Gasteiger partial charge is 0.333 e. The lowest BCUT2D eigenvalue weighted by molar-refractivity contribution is -0.438. The average Bonchev–Trinajstić information content (AvgIpc) is 3.82. The number of allylic oxidation sites excluding steroid dienone is 12. The van der Waals surface area contributed by atoms with Crippen LogP contribution in [-0.4, -0.2) is 110 Å². The third kappa shape index (κ3) is 14.7. The topological polar surface area (TPSA) is 287 Å². The van der Waals surface area contributed by atoms with E-state index in [1.54, 1.807) is 18.2 Å². The summed E-state index contributed by atoms with van der Waals surface area (Å²) in [6.45, 7) is 4.49. The van der Waals surface area contributed by atoms with Gasteiger partial charge in [-0.1, -0.05) is 67.9 Å². The average molecular weight is 1090 g/mol. The van der Waals surface area contributed by atoms with Gasteiger partial charge in [-0.2, -0.15) is 38.2 Å². The molecule has 0 radical (unpaired) electrons. The van der Waals surface area contributed by atoms with Crippen LogP contribution in [0.15, 0.2) is 118 Å². The zero-order chi connectivity index (χ0) is 53.4. The fourth-order valence-electron chi connectivity index (χ4n) is 9.88. The molecule has 2 amide bonds. The first kappa shape index (κ1) is 56.9. The van der Waals surface area contributed by atoms with Crippen LogP contribution >= 0.6 is 0 Å². The van der Waals surface area contributed by atoms with Crippen LogP contribution in [0.2, 0.25) is 0 Å². The number of fused-ring (bicyclic) bond motifs is 2. The Morgan fingerprint density at radius 2 is 1.29 bits per heavy atom. The van der Waals surface area contributed by atoms with Gasteiger partial charge in [-0.3, -0.25) is 27.8 Å². The Kier molecular flexibility index (Phi) is 18.3. The van der Waals surface area contributed by atoms with Crippen LogP contribution in [0.1, 0.15) is 115 Å². The maximum atomic E-state index is 12.6. The Balaban J connectivity index is 1.42. The number of hydrogen-bond acceptors (Lipinski definition) is 13. The molecule has 2 aromatic rings. The summed E-state index contributed by atoms with van der Waals surface area (Å²) in [5, 5.41) is 0.488. The molecule has 2 unspecified atom stereocenters. The van der Waals surface area contributed by atoms with Gasteiger partial charge in [0.1, 0.15) is 6.54 Å². The van der Waals surface area contributed by atoms with Crippen LogP contribution in [0.3, 0.4) is 0 Å². The summed E-state index contributed by atoms with van der Waals surface area (Å²) in [7, 11) is -18.0. The second kappa shape index (κ2) is 23.4. The Labute approximate surface area is 427 Å². The van der Waals surface area contributed by atoms with E-state index in [0.29, 0.717) is 84.2 Å². The van der Waals surface area contributed by atoms with E-state index in [1.165, 1.54) is 24.3 Å². The number of amides is 2. The number of carbonyl (C=O) groups is 3. The highest BCUT2D eigenvalue weighted by Gasteiger charge is 2.48. The second-order valence-corrected chi connectivity index (χ2v) is 24.9. The lowest BCUT2D eigenvalue weighted by Crippen LogP contribution is -2.32. The van der Waals surface area contributed by atoms with Gasteiger partial charge in [-0.25, -0.2) is 4.79 Å². The first-order valence-corrected chi connectivity index (χ1v) is 30.0. The maximum absolute atomic E-state index is 12.6. The highest BCUT2D eigenvalue weighted by molar-refractivity contribution is 7.86. The van der Waals surface area contributed by atoms with Gasteiger partial charge in [-0.15, -0.1) is 5.06 Å². The molecule has 0 bridgehead atoms.